The maximum atomic E-state index is 12.3. The second-order valence-corrected chi connectivity index (χ2v) is 7.47. The van der Waals surface area contributed by atoms with Crippen LogP contribution in [0.25, 0.3) is 0 Å². The van der Waals surface area contributed by atoms with Gasteiger partial charge in [0.05, 0.1) is 6.54 Å². The molecule has 0 saturated carbocycles. The molecule has 1 aromatic heterocycles. The second-order valence-electron chi connectivity index (χ2n) is 7.47. The van der Waals surface area contributed by atoms with Crippen LogP contribution in [0.4, 0.5) is 4.79 Å². The van der Waals surface area contributed by atoms with Gasteiger partial charge in [0, 0.05) is 24.7 Å². The Morgan fingerprint density at radius 3 is 2.41 bits per heavy atom. The van der Waals surface area contributed by atoms with E-state index in [1.165, 1.54) is 0 Å². The number of aromatic nitrogens is 1. The number of hydrogen-bond donors (Lipinski definition) is 1. The molecule has 0 aromatic carbocycles. The first kappa shape index (κ1) is 16.4. The van der Waals surface area contributed by atoms with Crippen molar-refractivity contribution in [3.8, 4) is 0 Å². The molecule has 22 heavy (non-hydrogen) atoms. The third-order valence-electron chi connectivity index (χ3n) is 3.88. The van der Waals surface area contributed by atoms with Crippen molar-refractivity contribution in [3.05, 3.63) is 23.0 Å². The van der Waals surface area contributed by atoms with E-state index >= 15 is 0 Å². The van der Waals surface area contributed by atoms with Gasteiger partial charge in [0.1, 0.15) is 11.3 Å². The standard InChI is InChI=1S/C16H24N2O4/c1-15(2,3)22-14(21)18-8-12-10(16(4,5)9-18)7-11(13(19)20)17(12)6/h7H,8-9H2,1-6H3,(H,19,20). The highest BCUT2D eigenvalue weighted by Gasteiger charge is 2.38. The number of carbonyl (C=O) groups is 2. The van der Waals surface area contributed by atoms with Crippen LogP contribution in [0.1, 0.15) is 56.4 Å². The normalized spacial score (nSPS) is 17.1. The van der Waals surface area contributed by atoms with Crippen molar-refractivity contribution in [3.63, 3.8) is 0 Å². The largest absolute Gasteiger partial charge is 0.477 e. The quantitative estimate of drug-likeness (QED) is 0.866. The van der Waals surface area contributed by atoms with Gasteiger partial charge in [-0.1, -0.05) is 13.8 Å². The van der Waals surface area contributed by atoms with Crippen molar-refractivity contribution in [2.45, 2.75) is 52.2 Å². The third kappa shape index (κ3) is 2.96. The lowest BCUT2D eigenvalue weighted by Gasteiger charge is -2.39. The van der Waals surface area contributed by atoms with E-state index in [1.54, 1.807) is 22.6 Å². The molecule has 1 aliphatic heterocycles. The van der Waals surface area contributed by atoms with Crippen LogP contribution in [0.2, 0.25) is 0 Å². The molecule has 1 aromatic rings. The molecule has 0 atom stereocenters. The van der Waals surface area contributed by atoms with Crippen molar-refractivity contribution in [1.82, 2.24) is 9.47 Å². The minimum atomic E-state index is -0.962. The molecule has 0 fully saturated rings. The zero-order chi connectivity index (χ0) is 16.9. The fraction of sp³-hybridized carbons (Fsp3) is 0.625. The first-order valence-corrected chi connectivity index (χ1v) is 7.33. The second kappa shape index (κ2) is 5.04. The maximum absolute atomic E-state index is 12.3. The van der Waals surface area contributed by atoms with Crippen molar-refractivity contribution < 1.29 is 19.4 Å². The monoisotopic (exact) mass is 308 g/mol. The average Bonchev–Trinajstić information content (AvgIpc) is 2.65. The van der Waals surface area contributed by atoms with Crippen molar-refractivity contribution in [1.29, 1.82) is 0 Å². The first-order valence-electron chi connectivity index (χ1n) is 7.33. The number of aromatic carboxylic acids is 1. The summed E-state index contributed by atoms with van der Waals surface area (Å²) in [6.07, 6.45) is -0.371. The molecule has 122 valence electrons. The number of rotatable bonds is 1. The summed E-state index contributed by atoms with van der Waals surface area (Å²) in [6, 6.07) is 1.71. The van der Waals surface area contributed by atoms with Gasteiger partial charge in [-0.15, -0.1) is 0 Å². The highest BCUT2D eigenvalue weighted by atomic mass is 16.6. The Labute approximate surface area is 130 Å². The van der Waals surface area contributed by atoms with Crippen LogP contribution in [0.15, 0.2) is 6.07 Å². The summed E-state index contributed by atoms with van der Waals surface area (Å²) in [5.74, 6) is -0.962. The van der Waals surface area contributed by atoms with Gasteiger partial charge in [-0.3, -0.25) is 0 Å². The summed E-state index contributed by atoms with van der Waals surface area (Å²) in [5, 5.41) is 9.29. The molecule has 1 N–H and O–H groups in total. The summed E-state index contributed by atoms with van der Waals surface area (Å²) in [7, 11) is 1.72. The summed E-state index contributed by atoms with van der Waals surface area (Å²) in [5.41, 5.74) is 1.19. The number of hydrogen-bond acceptors (Lipinski definition) is 3. The molecule has 0 unspecified atom stereocenters. The molecule has 0 saturated heterocycles. The number of carboxylic acid groups (broad SMARTS) is 1. The molecule has 2 rings (SSSR count). The Morgan fingerprint density at radius 2 is 1.91 bits per heavy atom. The van der Waals surface area contributed by atoms with Crippen molar-refractivity contribution in [2.75, 3.05) is 6.54 Å². The third-order valence-corrected chi connectivity index (χ3v) is 3.88. The van der Waals surface area contributed by atoms with Gasteiger partial charge < -0.3 is 19.3 Å². The van der Waals surface area contributed by atoms with E-state index in [-0.39, 0.29) is 17.2 Å². The van der Waals surface area contributed by atoms with E-state index in [0.717, 1.165) is 11.3 Å². The number of nitrogens with zero attached hydrogens (tertiary/aromatic N) is 2. The lowest BCUT2D eigenvalue weighted by atomic mass is 9.81. The van der Waals surface area contributed by atoms with Gasteiger partial charge in [0.25, 0.3) is 0 Å². The van der Waals surface area contributed by atoms with Gasteiger partial charge in [0.2, 0.25) is 0 Å². The Hall–Kier alpha value is -1.98. The topological polar surface area (TPSA) is 71.8 Å². The van der Waals surface area contributed by atoms with Crippen LogP contribution in [0, 0.1) is 0 Å². The van der Waals surface area contributed by atoms with Gasteiger partial charge in [0.15, 0.2) is 0 Å². The van der Waals surface area contributed by atoms with E-state index in [0.29, 0.717) is 13.1 Å². The zero-order valence-corrected chi connectivity index (χ0v) is 14.1. The molecule has 1 amide bonds. The summed E-state index contributed by atoms with van der Waals surface area (Å²) in [4.78, 5) is 25.3. The predicted molar refractivity (Wildman–Crippen MR) is 82.0 cm³/mol. The Bertz CT molecular complexity index is 623. The molecule has 6 nitrogen and oxygen atoms in total. The van der Waals surface area contributed by atoms with E-state index in [1.807, 2.05) is 34.6 Å². The Kier molecular flexibility index (Phi) is 3.75. The molecular formula is C16H24N2O4. The van der Waals surface area contributed by atoms with Crippen LogP contribution in [0.3, 0.4) is 0 Å². The summed E-state index contributed by atoms with van der Waals surface area (Å²) in [6.45, 7) is 10.4. The number of fused-ring (bicyclic) bond motifs is 1. The molecule has 0 spiro atoms. The van der Waals surface area contributed by atoms with E-state index < -0.39 is 11.6 Å². The van der Waals surface area contributed by atoms with Crippen LogP contribution < -0.4 is 0 Å². The van der Waals surface area contributed by atoms with E-state index in [9.17, 15) is 14.7 Å². The average molecular weight is 308 g/mol. The minimum absolute atomic E-state index is 0.240. The van der Waals surface area contributed by atoms with Crippen molar-refractivity contribution >= 4 is 12.1 Å². The summed E-state index contributed by atoms with van der Waals surface area (Å²) < 4.78 is 7.09. The van der Waals surface area contributed by atoms with Gasteiger partial charge in [-0.05, 0) is 32.4 Å². The smallest absolute Gasteiger partial charge is 0.410 e. The van der Waals surface area contributed by atoms with Crippen LogP contribution >= 0.6 is 0 Å². The Morgan fingerprint density at radius 1 is 1.32 bits per heavy atom. The maximum Gasteiger partial charge on any atom is 0.410 e. The number of carbonyl (C=O) groups excluding carboxylic acids is 1. The zero-order valence-electron chi connectivity index (χ0n) is 14.1. The molecule has 1 aliphatic rings. The molecular weight excluding hydrogens is 284 g/mol. The molecule has 0 bridgehead atoms. The number of ether oxygens (including phenoxy) is 1. The predicted octanol–water partition coefficient (Wildman–Crippen LogP) is 2.75. The number of carboxylic acids is 1. The molecule has 6 heteroatoms. The highest BCUT2D eigenvalue weighted by Crippen LogP contribution is 2.35. The minimum Gasteiger partial charge on any atom is -0.477 e. The molecule has 0 radical (unpaired) electrons. The molecule has 0 aliphatic carbocycles. The summed E-state index contributed by atoms with van der Waals surface area (Å²) >= 11 is 0. The first-order chi connectivity index (χ1) is 9.92. The van der Waals surface area contributed by atoms with Gasteiger partial charge in [-0.25, -0.2) is 9.59 Å². The van der Waals surface area contributed by atoms with E-state index in [4.69, 9.17) is 4.74 Å². The van der Waals surface area contributed by atoms with Crippen LogP contribution in [-0.4, -0.2) is 38.8 Å². The van der Waals surface area contributed by atoms with Crippen molar-refractivity contribution in [2.24, 2.45) is 7.05 Å². The SMILES string of the molecule is Cn1c(C(=O)O)cc2c1CN(C(=O)OC(C)(C)C)CC2(C)C. The van der Waals surface area contributed by atoms with E-state index in [2.05, 4.69) is 0 Å². The lowest BCUT2D eigenvalue weighted by Crippen LogP contribution is -2.47. The number of amides is 1. The fourth-order valence-electron chi connectivity index (χ4n) is 2.88. The van der Waals surface area contributed by atoms with Gasteiger partial charge in [-0.2, -0.15) is 0 Å². The van der Waals surface area contributed by atoms with Crippen LogP contribution in [0.5, 0.6) is 0 Å². The highest BCUT2D eigenvalue weighted by molar-refractivity contribution is 5.86. The van der Waals surface area contributed by atoms with Gasteiger partial charge >= 0.3 is 12.1 Å². The molecule has 2 heterocycles. The van der Waals surface area contributed by atoms with Crippen LogP contribution in [-0.2, 0) is 23.7 Å². The lowest BCUT2D eigenvalue weighted by molar-refractivity contribution is 0.0169. The fourth-order valence-corrected chi connectivity index (χ4v) is 2.88. The Balaban J connectivity index is 2.37.